The molecule has 0 aliphatic carbocycles. The van der Waals surface area contributed by atoms with E-state index in [9.17, 15) is 9.59 Å². The van der Waals surface area contributed by atoms with Crippen LogP contribution in [0.25, 0.3) is 10.9 Å². The maximum absolute atomic E-state index is 13.8. The van der Waals surface area contributed by atoms with Gasteiger partial charge in [-0.1, -0.05) is 49.7 Å². The first-order valence-electron chi connectivity index (χ1n) is 13.2. The average Bonchev–Trinajstić information content (AvgIpc) is 3.21. The first kappa shape index (κ1) is 26.8. The van der Waals surface area contributed by atoms with E-state index in [4.69, 9.17) is 9.47 Å². The topological polar surface area (TPSA) is 81.6 Å². The van der Waals surface area contributed by atoms with Crippen LogP contribution in [0.5, 0.6) is 11.5 Å². The number of nitrogens with zero attached hydrogens (tertiary/aromatic N) is 1. The van der Waals surface area contributed by atoms with Gasteiger partial charge >= 0.3 is 0 Å². The van der Waals surface area contributed by atoms with Crippen molar-refractivity contribution in [2.75, 3.05) is 23.8 Å². The lowest BCUT2D eigenvalue weighted by molar-refractivity contribution is 0.101. The number of hydrogen-bond acceptors (Lipinski definition) is 4. The minimum atomic E-state index is -0.262. The van der Waals surface area contributed by atoms with Crippen LogP contribution in [-0.2, 0) is 6.54 Å². The molecule has 0 fully saturated rings. The molecule has 0 aliphatic heterocycles. The van der Waals surface area contributed by atoms with Crippen LogP contribution in [0.4, 0.5) is 11.4 Å². The Morgan fingerprint density at radius 3 is 1.97 bits per heavy atom. The minimum Gasteiger partial charge on any atom is -0.492 e. The van der Waals surface area contributed by atoms with Gasteiger partial charge in [0.25, 0.3) is 11.8 Å². The summed E-state index contributed by atoms with van der Waals surface area (Å²) in [6.45, 7) is 9.39. The zero-order valence-electron chi connectivity index (χ0n) is 22.5. The highest BCUT2D eigenvalue weighted by atomic mass is 16.5. The molecule has 0 unspecified atom stereocenters. The van der Waals surface area contributed by atoms with Crippen LogP contribution in [0, 0.1) is 6.92 Å². The highest BCUT2D eigenvalue weighted by Crippen LogP contribution is 2.38. The molecule has 0 atom stereocenters. The summed E-state index contributed by atoms with van der Waals surface area (Å²) >= 11 is 0. The number of benzene rings is 3. The molecule has 0 saturated heterocycles. The fourth-order valence-electron chi connectivity index (χ4n) is 4.59. The Morgan fingerprint density at radius 2 is 1.37 bits per heavy atom. The number of rotatable bonds is 11. The van der Waals surface area contributed by atoms with Crippen LogP contribution in [0.3, 0.4) is 0 Å². The van der Waals surface area contributed by atoms with Crippen LogP contribution < -0.4 is 20.1 Å². The van der Waals surface area contributed by atoms with E-state index < -0.39 is 0 Å². The standard InChI is InChI=1S/C31H35N3O4/c1-5-8-18-34-26-17-13-12-16-23(26)21(4)29(34)31(36)33-25-20-27(37-6-2)24(19-28(25)38-7-3)32-30(35)22-14-10-9-11-15-22/h9-17,19-20H,5-8,18H2,1-4H3,(H,32,35)(H,33,36). The highest BCUT2D eigenvalue weighted by molar-refractivity contribution is 6.10. The molecule has 4 rings (SSSR count). The molecule has 7 nitrogen and oxygen atoms in total. The Balaban J connectivity index is 1.72. The molecule has 4 aromatic rings. The Hall–Kier alpha value is -4.26. The molecule has 0 bridgehead atoms. The largest absolute Gasteiger partial charge is 0.492 e. The van der Waals surface area contributed by atoms with Crippen molar-refractivity contribution in [1.29, 1.82) is 0 Å². The van der Waals surface area contributed by atoms with E-state index in [1.54, 1.807) is 24.3 Å². The van der Waals surface area contributed by atoms with Gasteiger partial charge in [0.15, 0.2) is 0 Å². The lowest BCUT2D eigenvalue weighted by atomic mass is 10.1. The molecule has 198 valence electrons. The SMILES string of the molecule is CCCCn1c(C(=O)Nc2cc(OCC)c(NC(=O)c3ccccc3)cc2OCC)c(C)c2ccccc21. The number of carbonyl (C=O) groups is 2. The summed E-state index contributed by atoms with van der Waals surface area (Å²) in [5, 5.41) is 7.05. The molecule has 7 heteroatoms. The smallest absolute Gasteiger partial charge is 0.272 e. The number of unbranched alkanes of at least 4 members (excludes halogenated alkanes) is 1. The third kappa shape index (κ3) is 5.67. The molecule has 0 aliphatic rings. The molecule has 0 saturated carbocycles. The first-order chi connectivity index (χ1) is 18.5. The lowest BCUT2D eigenvalue weighted by Gasteiger charge is -2.18. The number of hydrogen-bond donors (Lipinski definition) is 2. The maximum Gasteiger partial charge on any atom is 0.272 e. The molecule has 2 N–H and O–H groups in total. The Morgan fingerprint density at radius 1 is 0.789 bits per heavy atom. The second kappa shape index (κ2) is 12.3. The van der Waals surface area contributed by atoms with E-state index in [2.05, 4.69) is 28.2 Å². The second-order valence-corrected chi connectivity index (χ2v) is 8.98. The van der Waals surface area contributed by atoms with Crippen molar-refractivity contribution >= 4 is 34.1 Å². The fraction of sp³-hybridized carbons (Fsp3) is 0.290. The van der Waals surface area contributed by atoms with Crippen molar-refractivity contribution in [1.82, 2.24) is 4.57 Å². The minimum absolute atomic E-state index is 0.223. The van der Waals surface area contributed by atoms with Crippen molar-refractivity contribution in [3.63, 3.8) is 0 Å². The van der Waals surface area contributed by atoms with Gasteiger partial charge in [-0.15, -0.1) is 0 Å². The Labute approximate surface area is 223 Å². The van der Waals surface area contributed by atoms with Gasteiger partial charge in [0.2, 0.25) is 0 Å². The second-order valence-electron chi connectivity index (χ2n) is 8.98. The van der Waals surface area contributed by atoms with Gasteiger partial charge in [0.1, 0.15) is 17.2 Å². The number of carbonyl (C=O) groups excluding carboxylic acids is 2. The van der Waals surface area contributed by atoms with Crippen molar-refractivity contribution in [3.8, 4) is 11.5 Å². The van der Waals surface area contributed by atoms with Gasteiger partial charge in [0.05, 0.1) is 24.6 Å². The fourth-order valence-corrected chi connectivity index (χ4v) is 4.59. The molecule has 38 heavy (non-hydrogen) atoms. The third-order valence-corrected chi connectivity index (χ3v) is 6.39. The van der Waals surface area contributed by atoms with Crippen LogP contribution in [0.15, 0.2) is 66.7 Å². The Bertz CT molecular complexity index is 1430. The molecular formula is C31H35N3O4. The number of nitrogens with one attached hydrogen (secondary N) is 2. The third-order valence-electron chi connectivity index (χ3n) is 6.39. The molecule has 0 spiro atoms. The number of aromatic nitrogens is 1. The van der Waals surface area contributed by atoms with Gasteiger partial charge in [-0.05, 0) is 51.0 Å². The van der Waals surface area contributed by atoms with Crippen molar-refractivity contribution in [2.24, 2.45) is 0 Å². The summed E-state index contributed by atoms with van der Waals surface area (Å²) in [5.74, 6) is 0.404. The van der Waals surface area contributed by atoms with Gasteiger partial charge < -0.3 is 24.7 Å². The van der Waals surface area contributed by atoms with Crippen LogP contribution in [-0.4, -0.2) is 29.6 Å². The van der Waals surface area contributed by atoms with Gasteiger partial charge in [-0.3, -0.25) is 9.59 Å². The van der Waals surface area contributed by atoms with E-state index in [0.29, 0.717) is 47.3 Å². The van der Waals surface area contributed by atoms with Crippen LogP contribution in [0.1, 0.15) is 60.0 Å². The van der Waals surface area contributed by atoms with Crippen molar-refractivity contribution < 1.29 is 19.1 Å². The number of fused-ring (bicyclic) bond motifs is 1. The molecule has 1 aromatic heterocycles. The molecule has 2 amide bonds. The predicted octanol–water partition coefficient (Wildman–Crippen LogP) is 7.05. The number of anilines is 2. The van der Waals surface area contributed by atoms with Gasteiger partial charge in [-0.25, -0.2) is 0 Å². The first-order valence-corrected chi connectivity index (χ1v) is 13.2. The highest BCUT2D eigenvalue weighted by Gasteiger charge is 2.23. The van der Waals surface area contributed by atoms with Crippen molar-refractivity contribution in [3.05, 3.63) is 83.6 Å². The van der Waals surface area contributed by atoms with E-state index >= 15 is 0 Å². The number of ether oxygens (including phenoxy) is 2. The van der Waals surface area contributed by atoms with Crippen LogP contribution in [0.2, 0.25) is 0 Å². The van der Waals surface area contributed by atoms with Crippen molar-refractivity contribution in [2.45, 2.75) is 47.1 Å². The van der Waals surface area contributed by atoms with Crippen LogP contribution >= 0.6 is 0 Å². The summed E-state index contributed by atoms with van der Waals surface area (Å²) in [5.41, 5.74) is 4.08. The summed E-state index contributed by atoms with van der Waals surface area (Å²) < 4.78 is 13.8. The predicted molar refractivity (Wildman–Crippen MR) is 153 cm³/mol. The van der Waals surface area contributed by atoms with E-state index in [0.717, 1.165) is 35.9 Å². The van der Waals surface area contributed by atoms with Gasteiger partial charge in [-0.2, -0.15) is 0 Å². The lowest BCUT2D eigenvalue weighted by Crippen LogP contribution is -2.19. The average molecular weight is 514 g/mol. The normalized spacial score (nSPS) is 10.8. The summed E-state index contributed by atoms with van der Waals surface area (Å²) in [4.78, 5) is 26.6. The quantitative estimate of drug-likeness (QED) is 0.225. The number of para-hydroxylation sites is 1. The summed E-state index contributed by atoms with van der Waals surface area (Å²) in [7, 11) is 0. The Kier molecular flexibility index (Phi) is 8.69. The molecule has 1 heterocycles. The van der Waals surface area contributed by atoms with Gasteiger partial charge in [0, 0.05) is 35.1 Å². The molecule has 0 radical (unpaired) electrons. The maximum atomic E-state index is 13.8. The molecular weight excluding hydrogens is 478 g/mol. The molecule has 3 aromatic carbocycles. The van der Waals surface area contributed by atoms with E-state index in [1.807, 2.05) is 57.2 Å². The number of aryl methyl sites for hydroxylation is 2. The summed E-state index contributed by atoms with van der Waals surface area (Å²) in [6.07, 6.45) is 1.99. The van der Waals surface area contributed by atoms with E-state index in [1.165, 1.54) is 0 Å². The zero-order chi connectivity index (χ0) is 27.1. The number of amides is 2. The van der Waals surface area contributed by atoms with E-state index in [-0.39, 0.29) is 11.8 Å². The monoisotopic (exact) mass is 513 g/mol. The summed E-state index contributed by atoms with van der Waals surface area (Å²) in [6, 6.07) is 20.5. The zero-order valence-corrected chi connectivity index (χ0v) is 22.5.